The van der Waals surface area contributed by atoms with E-state index in [0.717, 1.165) is 0 Å². The Hall–Kier alpha value is -2.17. The smallest absolute Gasteiger partial charge is 0.337 e. The molecule has 2 rings (SSSR count). The summed E-state index contributed by atoms with van der Waals surface area (Å²) in [6.07, 6.45) is 4.73. The SMILES string of the molecule is CC(C(=O)O)(c1ccccn1)n1cccn1. The number of hydrogen-bond acceptors (Lipinski definition) is 3. The summed E-state index contributed by atoms with van der Waals surface area (Å²) in [5.74, 6) is -0.991. The van der Waals surface area contributed by atoms with Crippen LogP contribution in [-0.4, -0.2) is 25.8 Å². The molecule has 5 heteroatoms. The van der Waals surface area contributed by atoms with E-state index >= 15 is 0 Å². The first kappa shape index (κ1) is 10.4. The summed E-state index contributed by atoms with van der Waals surface area (Å²) < 4.78 is 1.39. The minimum Gasteiger partial charge on any atom is -0.479 e. The molecule has 0 aliphatic heterocycles. The van der Waals surface area contributed by atoms with Gasteiger partial charge in [-0.05, 0) is 25.1 Å². The molecule has 2 heterocycles. The van der Waals surface area contributed by atoms with Crippen LogP contribution < -0.4 is 0 Å². The van der Waals surface area contributed by atoms with Gasteiger partial charge in [-0.15, -0.1) is 0 Å². The highest BCUT2D eigenvalue weighted by molar-refractivity contribution is 5.79. The van der Waals surface area contributed by atoms with Gasteiger partial charge in [-0.1, -0.05) is 6.07 Å². The molecule has 16 heavy (non-hydrogen) atoms. The van der Waals surface area contributed by atoms with Gasteiger partial charge in [0.25, 0.3) is 0 Å². The average Bonchev–Trinajstić information content (AvgIpc) is 2.82. The first-order valence-electron chi connectivity index (χ1n) is 4.80. The van der Waals surface area contributed by atoms with Gasteiger partial charge in [0.15, 0.2) is 5.54 Å². The first-order valence-corrected chi connectivity index (χ1v) is 4.80. The monoisotopic (exact) mass is 217 g/mol. The maximum absolute atomic E-state index is 11.4. The van der Waals surface area contributed by atoms with E-state index in [4.69, 9.17) is 0 Å². The van der Waals surface area contributed by atoms with Crippen LogP contribution in [0.15, 0.2) is 42.9 Å². The van der Waals surface area contributed by atoms with Crippen LogP contribution in [0.25, 0.3) is 0 Å². The molecule has 0 saturated heterocycles. The molecule has 0 aliphatic rings. The van der Waals surface area contributed by atoms with Gasteiger partial charge >= 0.3 is 5.97 Å². The van der Waals surface area contributed by atoms with Crippen LogP contribution in [0.5, 0.6) is 0 Å². The predicted molar refractivity (Wildman–Crippen MR) is 56.8 cm³/mol. The average molecular weight is 217 g/mol. The van der Waals surface area contributed by atoms with Gasteiger partial charge in [0.05, 0.1) is 5.69 Å². The fourth-order valence-corrected chi connectivity index (χ4v) is 1.51. The molecule has 0 saturated carbocycles. The van der Waals surface area contributed by atoms with E-state index in [1.807, 2.05) is 0 Å². The van der Waals surface area contributed by atoms with E-state index in [1.165, 1.54) is 4.68 Å². The second-order valence-corrected chi connectivity index (χ2v) is 3.54. The summed E-state index contributed by atoms with van der Waals surface area (Å²) in [7, 11) is 0. The Balaban J connectivity index is 2.58. The number of hydrogen-bond donors (Lipinski definition) is 1. The highest BCUT2D eigenvalue weighted by Crippen LogP contribution is 2.23. The first-order chi connectivity index (χ1) is 7.65. The van der Waals surface area contributed by atoms with Crippen molar-refractivity contribution < 1.29 is 9.90 Å². The van der Waals surface area contributed by atoms with E-state index in [-0.39, 0.29) is 0 Å². The number of pyridine rings is 1. The molecular weight excluding hydrogens is 206 g/mol. The number of carboxylic acid groups (broad SMARTS) is 1. The lowest BCUT2D eigenvalue weighted by Gasteiger charge is -2.24. The van der Waals surface area contributed by atoms with E-state index in [2.05, 4.69) is 10.1 Å². The summed E-state index contributed by atoms with van der Waals surface area (Å²) in [5.41, 5.74) is -0.823. The van der Waals surface area contributed by atoms with Gasteiger partial charge < -0.3 is 5.11 Å². The fraction of sp³-hybridized carbons (Fsp3) is 0.182. The predicted octanol–water partition coefficient (Wildman–Crippen LogP) is 1.13. The van der Waals surface area contributed by atoms with Gasteiger partial charge in [-0.2, -0.15) is 5.10 Å². The minimum atomic E-state index is -1.27. The van der Waals surface area contributed by atoms with Crippen LogP contribution in [0, 0.1) is 0 Å². The zero-order valence-corrected chi connectivity index (χ0v) is 8.74. The molecule has 0 aromatic carbocycles. The van der Waals surface area contributed by atoms with Crippen molar-refractivity contribution in [3.8, 4) is 0 Å². The van der Waals surface area contributed by atoms with Crippen LogP contribution in [0.1, 0.15) is 12.6 Å². The standard InChI is InChI=1S/C11H11N3O2/c1-11(10(15)16,14-8-4-7-13-14)9-5-2-3-6-12-9/h2-8H,1H3,(H,15,16). The second-order valence-electron chi connectivity index (χ2n) is 3.54. The quantitative estimate of drug-likeness (QED) is 0.836. The summed E-state index contributed by atoms with van der Waals surface area (Å²) in [5, 5.41) is 13.3. The highest BCUT2D eigenvalue weighted by atomic mass is 16.4. The normalized spacial score (nSPS) is 14.3. The third-order valence-electron chi connectivity index (χ3n) is 2.54. The molecule has 1 N–H and O–H groups in total. The molecule has 2 aromatic heterocycles. The number of nitrogens with zero attached hydrogens (tertiary/aromatic N) is 3. The molecule has 0 aliphatic carbocycles. The van der Waals surface area contributed by atoms with Crippen molar-refractivity contribution in [3.63, 3.8) is 0 Å². The third kappa shape index (κ3) is 1.46. The fourth-order valence-electron chi connectivity index (χ4n) is 1.51. The maximum Gasteiger partial charge on any atom is 0.337 e. The summed E-state index contributed by atoms with van der Waals surface area (Å²) in [6, 6.07) is 6.86. The van der Waals surface area contributed by atoms with Crippen LogP contribution in [0.4, 0.5) is 0 Å². The van der Waals surface area contributed by atoms with Crippen molar-refractivity contribution in [1.29, 1.82) is 0 Å². The second kappa shape index (κ2) is 3.77. The largest absolute Gasteiger partial charge is 0.479 e. The van der Waals surface area contributed by atoms with Gasteiger partial charge in [-0.3, -0.25) is 4.98 Å². The lowest BCUT2D eigenvalue weighted by atomic mass is 9.97. The molecule has 0 radical (unpaired) electrons. The Labute approximate surface area is 92.4 Å². The molecular formula is C11H11N3O2. The third-order valence-corrected chi connectivity index (χ3v) is 2.54. The molecule has 0 amide bonds. The van der Waals surface area contributed by atoms with E-state index in [9.17, 15) is 9.90 Å². The van der Waals surface area contributed by atoms with Crippen LogP contribution in [0.3, 0.4) is 0 Å². The van der Waals surface area contributed by atoms with Crippen LogP contribution in [-0.2, 0) is 10.3 Å². The Morgan fingerprint density at radius 1 is 1.38 bits per heavy atom. The van der Waals surface area contributed by atoms with Crippen LogP contribution >= 0.6 is 0 Å². The molecule has 0 fully saturated rings. The number of rotatable bonds is 3. The molecule has 82 valence electrons. The Morgan fingerprint density at radius 2 is 2.19 bits per heavy atom. The van der Waals surface area contributed by atoms with Crippen molar-refractivity contribution in [2.45, 2.75) is 12.5 Å². The Morgan fingerprint density at radius 3 is 2.69 bits per heavy atom. The molecule has 0 bridgehead atoms. The van der Waals surface area contributed by atoms with Crippen molar-refractivity contribution in [2.24, 2.45) is 0 Å². The molecule has 5 nitrogen and oxygen atoms in total. The molecule has 2 aromatic rings. The van der Waals surface area contributed by atoms with Crippen molar-refractivity contribution in [3.05, 3.63) is 48.5 Å². The Kier molecular flexibility index (Phi) is 2.44. The van der Waals surface area contributed by atoms with E-state index in [0.29, 0.717) is 5.69 Å². The molecule has 0 spiro atoms. The maximum atomic E-state index is 11.4. The van der Waals surface area contributed by atoms with Gasteiger partial charge in [0.2, 0.25) is 0 Å². The van der Waals surface area contributed by atoms with Crippen molar-refractivity contribution >= 4 is 5.97 Å². The van der Waals surface area contributed by atoms with Gasteiger partial charge in [0.1, 0.15) is 0 Å². The van der Waals surface area contributed by atoms with Crippen molar-refractivity contribution in [1.82, 2.24) is 14.8 Å². The van der Waals surface area contributed by atoms with E-state index in [1.54, 1.807) is 49.8 Å². The van der Waals surface area contributed by atoms with Gasteiger partial charge in [-0.25, -0.2) is 9.48 Å². The number of carbonyl (C=O) groups is 1. The van der Waals surface area contributed by atoms with Gasteiger partial charge in [0, 0.05) is 18.6 Å². The minimum absolute atomic E-state index is 0.450. The summed E-state index contributed by atoms with van der Waals surface area (Å²) >= 11 is 0. The zero-order chi connectivity index (χ0) is 11.6. The molecule has 1 atom stereocenters. The number of aromatic nitrogens is 3. The lowest BCUT2D eigenvalue weighted by Crippen LogP contribution is -2.41. The molecule has 1 unspecified atom stereocenters. The van der Waals surface area contributed by atoms with Crippen molar-refractivity contribution in [2.75, 3.05) is 0 Å². The highest BCUT2D eigenvalue weighted by Gasteiger charge is 2.39. The van der Waals surface area contributed by atoms with E-state index < -0.39 is 11.5 Å². The topological polar surface area (TPSA) is 68.0 Å². The zero-order valence-electron chi connectivity index (χ0n) is 8.74. The number of aliphatic carboxylic acids is 1. The summed E-state index contributed by atoms with van der Waals surface area (Å²) in [6.45, 7) is 1.57. The number of carboxylic acids is 1. The Bertz CT molecular complexity index is 481. The summed E-state index contributed by atoms with van der Waals surface area (Å²) in [4.78, 5) is 15.5. The lowest BCUT2D eigenvalue weighted by molar-refractivity contribution is -0.145. The van der Waals surface area contributed by atoms with Crippen LogP contribution in [0.2, 0.25) is 0 Å².